The van der Waals surface area contributed by atoms with Crippen molar-refractivity contribution in [2.45, 2.75) is 12.8 Å². The number of hydrogen-bond acceptors (Lipinski definition) is 1. The number of aryl methyl sites for hydroxylation is 1. The molecular weight excluding hydrogens is 140 g/mol. The molecule has 0 saturated heterocycles. The van der Waals surface area contributed by atoms with Gasteiger partial charge in [0.25, 0.3) is 0 Å². The van der Waals surface area contributed by atoms with Crippen molar-refractivity contribution in [2.24, 2.45) is 0 Å². The first-order valence-electron chi connectivity index (χ1n) is 3.49. The zero-order valence-electron chi connectivity index (χ0n) is 5.63. The average Bonchev–Trinajstić information content (AvgIpc) is 2.34. The van der Waals surface area contributed by atoms with Gasteiger partial charge in [-0.05, 0) is 24.0 Å². The Morgan fingerprint density at radius 3 is 2.70 bits per heavy atom. The Morgan fingerprint density at radius 1 is 1.10 bits per heavy atom. The van der Waals surface area contributed by atoms with Gasteiger partial charge in [-0.3, -0.25) is 0 Å². The lowest BCUT2D eigenvalue weighted by Crippen LogP contribution is -1.86. The quantitative estimate of drug-likeness (QED) is 0.509. The third-order valence-electron chi connectivity index (χ3n) is 1.94. The minimum atomic E-state index is 1.08. The highest BCUT2D eigenvalue weighted by molar-refractivity contribution is 7.80. The van der Waals surface area contributed by atoms with Crippen LogP contribution in [-0.2, 0) is 6.42 Å². The Balaban J connectivity index is 2.61. The van der Waals surface area contributed by atoms with Crippen LogP contribution in [0.1, 0.15) is 17.5 Å². The van der Waals surface area contributed by atoms with E-state index in [9.17, 15) is 0 Å². The van der Waals surface area contributed by atoms with Gasteiger partial charge in [-0.1, -0.05) is 36.5 Å². The number of hydrogen-bond donors (Lipinski definition) is 0. The SMILES string of the molecule is S=C1CCc2ccccc21. The van der Waals surface area contributed by atoms with Crippen LogP contribution in [0.4, 0.5) is 0 Å². The molecule has 0 atom stereocenters. The summed E-state index contributed by atoms with van der Waals surface area (Å²) in [6.45, 7) is 0. The molecule has 1 aromatic rings. The molecule has 0 bridgehead atoms. The molecule has 1 heteroatoms. The fourth-order valence-electron chi connectivity index (χ4n) is 1.39. The number of fused-ring (bicyclic) bond motifs is 1. The molecule has 0 radical (unpaired) electrons. The van der Waals surface area contributed by atoms with E-state index in [0.29, 0.717) is 0 Å². The molecule has 0 aromatic heterocycles. The Hall–Kier alpha value is -0.690. The largest absolute Gasteiger partial charge is 0.0842 e. The van der Waals surface area contributed by atoms with Gasteiger partial charge in [0, 0.05) is 4.86 Å². The fraction of sp³-hybridized carbons (Fsp3) is 0.222. The second kappa shape index (κ2) is 2.17. The molecule has 1 aliphatic carbocycles. The molecule has 0 fully saturated rings. The highest BCUT2D eigenvalue weighted by Crippen LogP contribution is 2.21. The Bertz CT molecular complexity index is 276. The van der Waals surface area contributed by atoms with Crippen molar-refractivity contribution in [3.05, 3.63) is 35.4 Å². The van der Waals surface area contributed by atoms with E-state index < -0.39 is 0 Å². The first kappa shape index (κ1) is 6.05. The second-order valence-electron chi connectivity index (χ2n) is 2.58. The summed E-state index contributed by atoms with van der Waals surface area (Å²) < 4.78 is 0. The molecule has 2 rings (SSSR count). The van der Waals surface area contributed by atoms with Crippen LogP contribution in [0.25, 0.3) is 0 Å². The lowest BCUT2D eigenvalue weighted by atomic mass is 10.1. The van der Waals surface area contributed by atoms with Crippen LogP contribution in [-0.4, -0.2) is 4.86 Å². The Labute approximate surface area is 65.9 Å². The molecule has 0 spiro atoms. The number of rotatable bonds is 0. The summed E-state index contributed by atoms with van der Waals surface area (Å²) in [5.41, 5.74) is 2.73. The van der Waals surface area contributed by atoms with Gasteiger partial charge in [0.2, 0.25) is 0 Å². The van der Waals surface area contributed by atoms with Crippen LogP contribution in [0.3, 0.4) is 0 Å². The van der Waals surface area contributed by atoms with Crippen LogP contribution < -0.4 is 0 Å². The summed E-state index contributed by atoms with van der Waals surface area (Å²) in [6, 6.07) is 8.41. The monoisotopic (exact) mass is 148 g/mol. The average molecular weight is 148 g/mol. The van der Waals surface area contributed by atoms with Gasteiger partial charge in [0.1, 0.15) is 0 Å². The Morgan fingerprint density at radius 2 is 1.90 bits per heavy atom. The van der Waals surface area contributed by atoms with Crippen LogP contribution in [0.15, 0.2) is 24.3 Å². The van der Waals surface area contributed by atoms with Crippen LogP contribution >= 0.6 is 12.2 Å². The maximum absolute atomic E-state index is 5.17. The molecule has 0 saturated carbocycles. The maximum Gasteiger partial charge on any atom is 0.0230 e. The molecule has 0 amide bonds. The zero-order chi connectivity index (χ0) is 6.97. The van der Waals surface area contributed by atoms with Gasteiger partial charge in [0.15, 0.2) is 0 Å². The summed E-state index contributed by atoms with van der Waals surface area (Å²) in [6.07, 6.45) is 2.23. The lowest BCUT2D eigenvalue weighted by molar-refractivity contribution is 1.10. The molecule has 0 N–H and O–H groups in total. The summed E-state index contributed by atoms with van der Waals surface area (Å²) in [4.78, 5) is 1.13. The van der Waals surface area contributed by atoms with Crippen molar-refractivity contribution in [3.63, 3.8) is 0 Å². The highest BCUT2D eigenvalue weighted by atomic mass is 32.1. The third kappa shape index (κ3) is 0.781. The van der Waals surface area contributed by atoms with Crippen molar-refractivity contribution in [3.8, 4) is 0 Å². The van der Waals surface area contributed by atoms with E-state index in [1.807, 2.05) is 0 Å². The number of thiocarbonyl (C=S) groups is 1. The van der Waals surface area contributed by atoms with Crippen molar-refractivity contribution in [2.75, 3.05) is 0 Å². The van der Waals surface area contributed by atoms with Gasteiger partial charge in [0.05, 0.1) is 0 Å². The normalized spacial score (nSPS) is 15.4. The zero-order valence-corrected chi connectivity index (χ0v) is 6.45. The molecule has 0 heterocycles. The molecule has 1 aromatic carbocycles. The van der Waals surface area contributed by atoms with Crippen LogP contribution in [0.2, 0.25) is 0 Å². The van der Waals surface area contributed by atoms with E-state index >= 15 is 0 Å². The predicted molar refractivity (Wildman–Crippen MR) is 46.5 cm³/mol. The summed E-state index contributed by atoms with van der Waals surface area (Å²) in [5, 5.41) is 0. The third-order valence-corrected chi connectivity index (χ3v) is 2.36. The Kier molecular flexibility index (Phi) is 1.31. The first-order valence-corrected chi connectivity index (χ1v) is 3.90. The summed E-state index contributed by atoms with van der Waals surface area (Å²) in [7, 11) is 0. The minimum absolute atomic E-state index is 1.08. The van der Waals surface area contributed by atoms with E-state index in [1.165, 1.54) is 11.1 Å². The van der Waals surface area contributed by atoms with Gasteiger partial charge in [-0.2, -0.15) is 0 Å². The van der Waals surface area contributed by atoms with Crippen LogP contribution in [0.5, 0.6) is 0 Å². The molecule has 1 aliphatic rings. The van der Waals surface area contributed by atoms with E-state index in [2.05, 4.69) is 24.3 Å². The van der Waals surface area contributed by atoms with Gasteiger partial charge in [-0.15, -0.1) is 0 Å². The molecule has 0 aliphatic heterocycles. The van der Waals surface area contributed by atoms with E-state index in [4.69, 9.17) is 12.2 Å². The maximum atomic E-state index is 5.17. The van der Waals surface area contributed by atoms with Gasteiger partial charge >= 0.3 is 0 Å². The van der Waals surface area contributed by atoms with Crippen molar-refractivity contribution in [1.29, 1.82) is 0 Å². The fourth-order valence-corrected chi connectivity index (χ4v) is 1.69. The molecule has 0 unspecified atom stereocenters. The first-order chi connectivity index (χ1) is 4.88. The highest BCUT2D eigenvalue weighted by Gasteiger charge is 2.13. The van der Waals surface area contributed by atoms with Gasteiger partial charge < -0.3 is 0 Å². The minimum Gasteiger partial charge on any atom is -0.0842 e. The van der Waals surface area contributed by atoms with Gasteiger partial charge in [-0.25, -0.2) is 0 Å². The molecule has 50 valence electrons. The number of benzene rings is 1. The van der Waals surface area contributed by atoms with Crippen molar-refractivity contribution in [1.82, 2.24) is 0 Å². The summed E-state index contributed by atoms with van der Waals surface area (Å²) in [5.74, 6) is 0. The topological polar surface area (TPSA) is 0 Å². The second-order valence-corrected chi connectivity index (χ2v) is 3.07. The van der Waals surface area contributed by atoms with Crippen molar-refractivity contribution >= 4 is 17.1 Å². The molecular formula is C9H8S. The lowest BCUT2D eigenvalue weighted by Gasteiger charge is -1.94. The molecule has 10 heavy (non-hydrogen) atoms. The predicted octanol–water partition coefficient (Wildman–Crippen LogP) is 2.35. The van der Waals surface area contributed by atoms with Crippen LogP contribution in [0, 0.1) is 0 Å². The standard InChI is InChI=1S/C9H8S/c10-9-6-5-7-3-1-2-4-8(7)9/h1-4H,5-6H2. The smallest absolute Gasteiger partial charge is 0.0230 e. The van der Waals surface area contributed by atoms with E-state index in [-0.39, 0.29) is 0 Å². The summed E-state index contributed by atoms with van der Waals surface area (Å²) >= 11 is 5.17. The van der Waals surface area contributed by atoms with Crippen molar-refractivity contribution < 1.29 is 0 Å². The molecule has 0 nitrogen and oxygen atoms in total. The van der Waals surface area contributed by atoms with E-state index in [0.717, 1.165) is 17.7 Å². The van der Waals surface area contributed by atoms with E-state index in [1.54, 1.807) is 0 Å².